The third-order valence-electron chi connectivity index (χ3n) is 16.1. The SMILES string of the molecule is CCCCc1cc2sc3ccccc3c2cc1N1c2ccc(-c3ccccc3)cc2B2c3cc(-c4ccccc4)ccc3N(c3c(-c4ccccc4)cc(C(C)(C)C)cc3-c3ccccc3)c3cc(C(C)(C)C)cc1c32. The van der Waals surface area contributed by atoms with Gasteiger partial charge in [-0.05, 0) is 145 Å². The minimum absolute atomic E-state index is 0.0946. The van der Waals surface area contributed by atoms with E-state index in [4.69, 9.17) is 0 Å². The molecule has 0 saturated heterocycles. The Labute approximate surface area is 454 Å². The Morgan fingerprint density at radius 3 is 1.39 bits per heavy atom. The third-order valence-corrected chi connectivity index (χ3v) is 17.3. The first-order valence-corrected chi connectivity index (χ1v) is 28.2. The molecule has 1 aromatic heterocycles. The van der Waals surface area contributed by atoms with E-state index in [9.17, 15) is 0 Å². The Morgan fingerprint density at radius 2 is 0.868 bits per heavy atom. The van der Waals surface area contributed by atoms with E-state index in [0.29, 0.717) is 0 Å². The maximum atomic E-state index is 2.70. The van der Waals surface area contributed by atoms with E-state index in [1.165, 1.54) is 132 Å². The zero-order valence-electron chi connectivity index (χ0n) is 44.8. The van der Waals surface area contributed by atoms with E-state index >= 15 is 0 Å². The highest BCUT2D eigenvalue weighted by atomic mass is 32.1. The molecule has 0 N–H and O–H groups in total. The van der Waals surface area contributed by atoms with Crippen LogP contribution in [0.25, 0.3) is 64.7 Å². The summed E-state index contributed by atoms with van der Waals surface area (Å²) in [7, 11) is 0. The summed E-state index contributed by atoms with van der Waals surface area (Å²) in [6.07, 6.45) is 3.22. The standard InChI is InChI=1S/C72H63BN2S/c1-8-9-24-53-41-68-59(56-33-22-23-34-67(56)76-68)46-64(53)74-62-37-35-51(47-25-14-10-15-26-47)39-60(62)73-61-40-52(48-27-16-11-17-28-48)36-38-63(61)75(66-45-55(72(5,6)7)44-65(74)69(66)73)70-57(49-29-18-12-19-30-49)42-54(71(2,3)4)43-58(70)50-31-20-13-21-32-50/h10-23,25-46H,8-9,24H2,1-7H3. The van der Waals surface area contributed by atoms with Gasteiger partial charge >= 0.3 is 0 Å². The predicted octanol–water partition coefficient (Wildman–Crippen LogP) is 18.7. The second kappa shape index (κ2) is 18.7. The molecule has 0 spiro atoms. The monoisotopic (exact) mass is 998 g/mol. The van der Waals surface area contributed by atoms with Crippen molar-refractivity contribution in [3.63, 3.8) is 0 Å². The van der Waals surface area contributed by atoms with Crippen LogP contribution in [0.5, 0.6) is 0 Å². The van der Waals surface area contributed by atoms with E-state index in [0.717, 1.165) is 19.3 Å². The molecule has 2 nitrogen and oxygen atoms in total. The molecule has 0 fully saturated rings. The number of rotatable bonds is 9. The fraction of sp³-hybridized carbons (Fsp3) is 0.167. The van der Waals surface area contributed by atoms with Crippen LogP contribution in [0.4, 0.5) is 34.1 Å². The first kappa shape index (κ1) is 47.8. The summed E-state index contributed by atoms with van der Waals surface area (Å²) in [5.41, 5.74) is 24.7. The van der Waals surface area contributed by atoms with Gasteiger partial charge in [0, 0.05) is 59.7 Å². The smallest absolute Gasteiger partial charge is 0.252 e. The van der Waals surface area contributed by atoms with Gasteiger partial charge in [0.15, 0.2) is 0 Å². The van der Waals surface area contributed by atoms with Crippen LogP contribution in [0, 0.1) is 0 Å². The molecule has 0 saturated carbocycles. The molecule has 2 aliphatic rings. The second-order valence-electron chi connectivity index (χ2n) is 23.1. The summed E-state index contributed by atoms with van der Waals surface area (Å²) >= 11 is 1.92. The van der Waals surface area contributed by atoms with Gasteiger partial charge in [0.1, 0.15) is 0 Å². The summed E-state index contributed by atoms with van der Waals surface area (Å²) in [6, 6.07) is 83.2. The topological polar surface area (TPSA) is 6.48 Å². The van der Waals surface area contributed by atoms with Crippen LogP contribution in [-0.2, 0) is 17.3 Å². The zero-order valence-corrected chi connectivity index (χ0v) is 45.6. The van der Waals surface area contributed by atoms with Crippen molar-refractivity contribution >= 4 is 88.7 Å². The highest BCUT2D eigenvalue weighted by Gasteiger charge is 2.46. The number of nitrogens with zero attached hydrogens (tertiary/aromatic N) is 2. The van der Waals surface area contributed by atoms with E-state index in [-0.39, 0.29) is 17.5 Å². The molecule has 0 amide bonds. The largest absolute Gasteiger partial charge is 0.311 e. The number of thiophene rings is 1. The molecule has 0 bridgehead atoms. The van der Waals surface area contributed by atoms with E-state index in [1.54, 1.807) is 0 Å². The lowest BCUT2D eigenvalue weighted by Crippen LogP contribution is -2.61. The Kier molecular flexibility index (Phi) is 11.8. The fourth-order valence-corrected chi connectivity index (χ4v) is 13.3. The molecule has 0 unspecified atom stereocenters. The molecule has 10 aromatic carbocycles. The summed E-state index contributed by atoms with van der Waals surface area (Å²) in [5.74, 6) is 0. The van der Waals surface area contributed by atoms with Crippen LogP contribution in [0.3, 0.4) is 0 Å². The van der Waals surface area contributed by atoms with E-state index < -0.39 is 0 Å². The first-order valence-electron chi connectivity index (χ1n) is 27.3. The van der Waals surface area contributed by atoms with Gasteiger partial charge in [0.2, 0.25) is 0 Å². The van der Waals surface area contributed by atoms with Crippen molar-refractivity contribution in [3.05, 3.63) is 235 Å². The van der Waals surface area contributed by atoms with Crippen molar-refractivity contribution in [2.75, 3.05) is 9.80 Å². The fourth-order valence-electron chi connectivity index (χ4n) is 12.1. The maximum absolute atomic E-state index is 2.70. The van der Waals surface area contributed by atoms with Crippen molar-refractivity contribution in [1.82, 2.24) is 0 Å². The van der Waals surface area contributed by atoms with Gasteiger partial charge in [-0.25, -0.2) is 0 Å². The lowest BCUT2D eigenvalue weighted by molar-refractivity contribution is 0.590. The Hall–Kier alpha value is -7.92. The molecule has 0 atom stereocenters. The molecule has 4 heteroatoms. The van der Waals surface area contributed by atoms with Crippen molar-refractivity contribution < 1.29 is 0 Å². The zero-order chi connectivity index (χ0) is 51.9. The average molecular weight is 999 g/mol. The normalized spacial score (nSPS) is 13.0. The lowest BCUT2D eigenvalue weighted by atomic mass is 9.33. The first-order chi connectivity index (χ1) is 36.9. The van der Waals surface area contributed by atoms with Crippen LogP contribution < -0.4 is 26.2 Å². The Morgan fingerprint density at radius 1 is 0.395 bits per heavy atom. The number of aryl methyl sites for hydroxylation is 1. The Balaban J connectivity index is 1.21. The average Bonchev–Trinajstić information content (AvgIpc) is 3.81. The van der Waals surface area contributed by atoms with Gasteiger partial charge in [-0.1, -0.05) is 219 Å². The van der Waals surface area contributed by atoms with Crippen LogP contribution in [0.15, 0.2) is 218 Å². The van der Waals surface area contributed by atoms with Crippen molar-refractivity contribution in [2.45, 2.75) is 78.6 Å². The van der Waals surface area contributed by atoms with Gasteiger partial charge in [-0.15, -0.1) is 11.3 Å². The van der Waals surface area contributed by atoms with Gasteiger partial charge in [-0.3, -0.25) is 0 Å². The Bertz CT molecular complexity index is 3930. The van der Waals surface area contributed by atoms with Crippen LogP contribution in [0.1, 0.15) is 78.0 Å². The number of anilines is 6. The highest BCUT2D eigenvalue weighted by Crippen LogP contribution is 2.53. The molecule has 370 valence electrons. The molecule has 0 radical (unpaired) electrons. The van der Waals surface area contributed by atoms with Crippen LogP contribution in [-0.4, -0.2) is 6.71 Å². The predicted molar refractivity (Wildman–Crippen MR) is 331 cm³/mol. The minimum Gasteiger partial charge on any atom is -0.311 e. The summed E-state index contributed by atoms with van der Waals surface area (Å²) in [6.45, 7) is 16.4. The van der Waals surface area contributed by atoms with Crippen molar-refractivity contribution in [1.29, 1.82) is 0 Å². The minimum atomic E-state index is -0.188. The third kappa shape index (κ3) is 8.17. The number of hydrogen-bond acceptors (Lipinski definition) is 3. The number of benzene rings is 10. The van der Waals surface area contributed by atoms with Crippen molar-refractivity contribution in [3.8, 4) is 44.5 Å². The second-order valence-corrected chi connectivity index (χ2v) is 24.2. The highest BCUT2D eigenvalue weighted by molar-refractivity contribution is 7.25. The van der Waals surface area contributed by atoms with E-state index in [1.807, 2.05) is 11.3 Å². The van der Waals surface area contributed by atoms with E-state index in [2.05, 4.69) is 277 Å². The maximum Gasteiger partial charge on any atom is 0.252 e. The molecule has 0 aliphatic carbocycles. The van der Waals surface area contributed by atoms with Gasteiger partial charge in [-0.2, -0.15) is 0 Å². The molecule has 13 rings (SSSR count). The number of fused-ring (bicyclic) bond motifs is 7. The van der Waals surface area contributed by atoms with Gasteiger partial charge in [0.25, 0.3) is 6.71 Å². The van der Waals surface area contributed by atoms with Crippen LogP contribution >= 0.6 is 11.3 Å². The molecular formula is C72H63BN2S. The molecule has 11 aromatic rings. The summed E-state index contributed by atoms with van der Waals surface area (Å²) in [4.78, 5) is 5.40. The number of hydrogen-bond donors (Lipinski definition) is 0. The number of unbranched alkanes of at least 4 members (excludes halogenated alkanes) is 1. The molecular weight excluding hydrogens is 936 g/mol. The molecule has 76 heavy (non-hydrogen) atoms. The van der Waals surface area contributed by atoms with Gasteiger partial charge in [0.05, 0.1) is 5.69 Å². The van der Waals surface area contributed by atoms with Gasteiger partial charge < -0.3 is 9.80 Å². The van der Waals surface area contributed by atoms with Crippen LogP contribution in [0.2, 0.25) is 0 Å². The quantitative estimate of drug-likeness (QED) is 0.133. The summed E-state index contributed by atoms with van der Waals surface area (Å²) < 4.78 is 2.68. The summed E-state index contributed by atoms with van der Waals surface area (Å²) in [5, 5.41) is 2.64. The van der Waals surface area contributed by atoms with Crippen molar-refractivity contribution in [2.24, 2.45) is 0 Å². The lowest BCUT2D eigenvalue weighted by Gasteiger charge is -2.46. The molecule has 3 heterocycles. The molecule has 2 aliphatic heterocycles.